The van der Waals surface area contributed by atoms with Crippen LogP contribution >= 0.6 is 0 Å². The molecule has 0 fully saturated rings. The van der Waals surface area contributed by atoms with Crippen molar-refractivity contribution in [1.29, 1.82) is 0 Å². The average molecular weight is 264 g/mol. The van der Waals surface area contributed by atoms with Gasteiger partial charge in [-0.25, -0.2) is 0 Å². The molecule has 19 heavy (non-hydrogen) atoms. The lowest BCUT2D eigenvalue weighted by molar-refractivity contribution is -0.146. The molecule has 0 radical (unpaired) electrons. The molecule has 1 aromatic rings. The van der Waals surface area contributed by atoms with Crippen LogP contribution in [0.25, 0.3) is 0 Å². The first-order chi connectivity index (χ1) is 9.08. The minimum atomic E-state index is -1.03. The van der Waals surface area contributed by atoms with Crippen LogP contribution in [0.5, 0.6) is 5.75 Å². The molecule has 1 aromatic carbocycles. The van der Waals surface area contributed by atoms with Crippen LogP contribution < -0.4 is 4.74 Å². The molecule has 0 aromatic heterocycles. The highest BCUT2D eigenvalue weighted by Crippen LogP contribution is 2.43. The number of carbonyl (C=O) groups is 1. The van der Waals surface area contributed by atoms with Gasteiger partial charge in [0.25, 0.3) is 0 Å². The smallest absolute Gasteiger partial charge is 0.305 e. The molecule has 0 spiro atoms. The number of rotatable bonds is 4. The van der Waals surface area contributed by atoms with E-state index in [4.69, 9.17) is 9.47 Å². The standard InChI is InChI=1S/C15H20O4/c1-3-18-14(16)8-9-15(17)11(2)10-19-13-7-5-4-6-12(13)15/h4-7,11,17H,3,8-10H2,1-2H3. The highest BCUT2D eigenvalue weighted by molar-refractivity contribution is 5.69. The van der Waals surface area contributed by atoms with Gasteiger partial charge in [0.1, 0.15) is 5.75 Å². The Morgan fingerprint density at radius 1 is 1.53 bits per heavy atom. The van der Waals surface area contributed by atoms with Gasteiger partial charge in [0.15, 0.2) is 0 Å². The van der Waals surface area contributed by atoms with Crippen molar-refractivity contribution in [2.45, 2.75) is 32.3 Å². The maximum absolute atomic E-state index is 11.5. The summed E-state index contributed by atoms with van der Waals surface area (Å²) in [7, 11) is 0. The first-order valence-corrected chi connectivity index (χ1v) is 6.68. The molecule has 1 aliphatic rings. The van der Waals surface area contributed by atoms with E-state index in [0.717, 1.165) is 5.56 Å². The lowest BCUT2D eigenvalue weighted by atomic mass is 9.77. The number of hydrogen-bond donors (Lipinski definition) is 1. The SMILES string of the molecule is CCOC(=O)CCC1(O)c2ccccc2OCC1C. The predicted molar refractivity (Wildman–Crippen MR) is 70.9 cm³/mol. The van der Waals surface area contributed by atoms with Crippen molar-refractivity contribution in [3.63, 3.8) is 0 Å². The predicted octanol–water partition coefficient (Wildman–Crippen LogP) is 2.25. The molecule has 1 N–H and O–H groups in total. The molecule has 0 bridgehead atoms. The van der Waals surface area contributed by atoms with Gasteiger partial charge in [-0.3, -0.25) is 4.79 Å². The van der Waals surface area contributed by atoms with E-state index in [1.807, 2.05) is 31.2 Å². The number of para-hydroxylation sites is 1. The second-order valence-corrected chi connectivity index (χ2v) is 4.94. The van der Waals surface area contributed by atoms with Crippen LogP contribution in [0.2, 0.25) is 0 Å². The molecule has 0 aliphatic carbocycles. The van der Waals surface area contributed by atoms with E-state index in [1.165, 1.54) is 0 Å². The van der Waals surface area contributed by atoms with Gasteiger partial charge >= 0.3 is 5.97 Å². The minimum absolute atomic E-state index is 0.0585. The van der Waals surface area contributed by atoms with Gasteiger partial charge < -0.3 is 14.6 Å². The second kappa shape index (κ2) is 5.61. The number of fused-ring (bicyclic) bond motifs is 1. The fraction of sp³-hybridized carbons (Fsp3) is 0.533. The summed E-state index contributed by atoms with van der Waals surface area (Å²) in [6, 6.07) is 7.45. The van der Waals surface area contributed by atoms with E-state index in [-0.39, 0.29) is 18.3 Å². The summed E-state index contributed by atoms with van der Waals surface area (Å²) in [5, 5.41) is 10.9. The van der Waals surface area contributed by atoms with Crippen molar-refractivity contribution in [3.8, 4) is 5.75 Å². The largest absolute Gasteiger partial charge is 0.493 e. The first kappa shape index (κ1) is 13.9. The van der Waals surface area contributed by atoms with E-state index in [1.54, 1.807) is 6.92 Å². The maximum Gasteiger partial charge on any atom is 0.305 e. The lowest BCUT2D eigenvalue weighted by Crippen LogP contribution is -2.41. The topological polar surface area (TPSA) is 55.8 Å². The summed E-state index contributed by atoms with van der Waals surface area (Å²) in [5.41, 5.74) is -0.264. The molecule has 104 valence electrons. The maximum atomic E-state index is 11.5. The lowest BCUT2D eigenvalue weighted by Gasteiger charge is -2.39. The monoisotopic (exact) mass is 264 g/mol. The molecule has 2 atom stereocenters. The number of esters is 1. The zero-order valence-corrected chi connectivity index (χ0v) is 11.4. The Bertz CT molecular complexity index is 457. The molecule has 4 nitrogen and oxygen atoms in total. The van der Waals surface area contributed by atoms with Crippen molar-refractivity contribution in [2.75, 3.05) is 13.2 Å². The van der Waals surface area contributed by atoms with Gasteiger partial charge in [-0.2, -0.15) is 0 Å². The molecule has 0 saturated heterocycles. The molecular formula is C15H20O4. The summed E-state index contributed by atoms with van der Waals surface area (Å²) in [6.45, 7) is 4.53. The van der Waals surface area contributed by atoms with Gasteiger partial charge in [0.05, 0.1) is 18.8 Å². The van der Waals surface area contributed by atoms with E-state index in [9.17, 15) is 9.90 Å². The van der Waals surface area contributed by atoms with Crippen LogP contribution in [0, 0.1) is 5.92 Å². The number of carbonyl (C=O) groups excluding carboxylic acids is 1. The molecule has 0 saturated carbocycles. The zero-order valence-electron chi connectivity index (χ0n) is 11.4. The molecule has 1 aliphatic heterocycles. The number of aliphatic hydroxyl groups is 1. The molecule has 0 amide bonds. The molecular weight excluding hydrogens is 244 g/mol. The molecule has 2 rings (SSSR count). The number of ether oxygens (including phenoxy) is 2. The van der Waals surface area contributed by atoms with Gasteiger partial charge in [0.2, 0.25) is 0 Å². The van der Waals surface area contributed by atoms with Crippen molar-refractivity contribution in [3.05, 3.63) is 29.8 Å². The molecule has 1 heterocycles. The minimum Gasteiger partial charge on any atom is -0.493 e. The Kier molecular flexibility index (Phi) is 4.10. The Morgan fingerprint density at radius 3 is 3.00 bits per heavy atom. The molecule has 4 heteroatoms. The second-order valence-electron chi connectivity index (χ2n) is 4.94. The zero-order chi connectivity index (χ0) is 13.9. The van der Waals surface area contributed by atoms with E-state index in [0.29, 0.717) is 25.4 Å². The van der Waals surface area contributed by atoms with Crippen LogP contribution in [0.3, 0.4) is 0 Å². The van der Waals surface area contributed by atoms with Crippen LogP contribution in [0.15, 0.2) is 24.3 Å². The Morgan fingerprint density at radius 2 is 2.26 bits per heavy atom. The van der Waals surface area contributed by atoms with Crippen molar-refractivity contribution >= 4 is 5.97 Å². The first-order valence-electron chi connectivity index (χ1n) is 6.68. The summed E-state index contributed by atoms with van der Waals surface area (Å²) in [5.74, 6) is 0.371. The summed E-state index contributed by atoms with van der Waals surface area (Å²) in [6.07, 6.45) is 0.566. The number of benzene rings is 1. The Hall–Kier alpha value is -1.55. The third-order valence-electron chi connectivity index (χ3n) is 3.67. The van der Waals surface area contributed by atoms with Crippen LogP contribution in [-0.2, 0) is 15.1 Å². The van der Waals surface area contributed by atoms with Gasteiger partial charge in [-0.05, 0) is 19.4 Å². The van der Waals surface area contributed by atoms with Gasteiger partial charge in [-0.1, -0.05) is 25.1 Å². The van der Waals surface area contributed by atoms with Crippen LogP contribution in [0.1, 0.15) is 32.3 Å². The normalized spacial score (nSPS) is 25.3. The van der Waals surface area contributed by atoms with Crippen molar-refractivity contribution < 1.29 is 19.4 Å². The van der Waals surface area contributed by atoms with E-state index >= 15 is 0 Å². The van der Waals surface area contributed by atoms with E-state index < -0.39 is 5.60 Å². The van der Waals surface area contributed by atoms with Crippen molar-refractivity contribution in [1.82, 2.24) is 0 Å². The number of hydrogen-bond acceptors (Lipinski definition) is 4. The Balaban J connectivity index is 2.18. The van der Waals surface area contributed by atoms with E-state index in [2.05, 4.69) is 0 Å². The third-order valence-corrected chi connectivity index (χ3v) is 3.67. The summed E-state index contributed by atoms with van der Waals surface area (Å²) in [4.78, 5) is 11.5. The quantitative estimate of drug-likeness (QED) is 0.847. The van der Waals surface area contributed by atoms with Gasteiger partial charge in [-0.15, -0.1) is 0 Å². The Labute approximate surface area is 113 Å². The average Bonchev–Trinajstić information content (AvgIpc) is 2.42. The summed E-state index contributed by atoms with van der Waals surface area (Å²) < 4.78 is 10.5. The molecule has 2 unspecified atom stereocenters. The fourth-order valence-corrected chi connectivity index (χ4v) is 2.48. The highest BCUT2D eigenvalue weighted by Gasteiger charge is 2.41. The third kappa shape index (κ3) is 2.73. The van der Waals surface area contributed by atoms with Crippen molar-refractivity contribution in [2.24, 2.45) is 5.92 Å². The van der Waals surface area contributed by atoms with Crippen LogP contribution in [-0.4, -0.2) is 24.3 Å². The highest BCUT2D eigenvalue weighted by atomic mass is 16.5. The fourth-order valence-electron chi connectivity index (χ4n) is 2.48. The van der Waals surface area contributed by atoms with Gasteiger partial charge in [0, 0.05) is 17.9 Å². The van der Waals surface area contributed by atoms with Crippen LogP contribution in [0.4, 0.5) is 0 Å². The summed E-state index contributed by atoms with van der Waals surface area (Å²) >= 11 is 0.